The SMILES string of the molecule is COc1ccc(COCC(O)CN(C)C2CCCCC2)cc1. The molecular weight excluding hydrogens is 278 g/mol. The van der Waals surface area contributed by atoms with Crippen LogP contribution >= 0.6 is 0 Å². The van der Waals surface area contributed by atoms with E-state index in [1.54, 1.807) is 7.11 Å². The monoisotopic (exact) mass is 307 g/mol. The van der Waals surface area contributed by atoms with E-state index in [4.69, 9.17) is 9.47 Å². The number of aliphatic hydroxyl groups excluding tert-OH is 1. The van der Waals surface area contributed by atoms with Crippen LogP contribution in [0.3, 0.4) is 0 Å². The Morgan fingerprint density at radius 1 is 1.18 bits per heavy atom. The number of methoxy groups -OCH3 is 1. The summed E-state index contributed by atoms with van der Waals surface area (Å²) in [5.74, 6) is 0.845. The third-order valence-corrected chi connectivity index (χ3v) is 4.43. The second-order valence-electron chi connectivity index (χ2n) is 6.25. The lowest BCUT2D eigenvalue weighted by Crippen LogP contribution is -2.40. The molecule has 1 aliphatic rings. The molecule has 1 aromatic rings. The molecule has 0 heterocycles. The van der Waals surface area contributed by atoms with Gasteiger partial charge in [0.05, 0.1) is 26.4 Å². The van der Waals surface area contributed by atoms with Crippen molar-refractivity contribution >= 4 is 0 Å². The normalized spacial score (nSPS) is 17.6. The van der Waals surface area contributed by atoms with Gasteiger partial charge in [-0.3, -0.25) is 0 Å². The van der Waals surface area contributed by atoms with E-state index in [-0.39, 0.29) is 0 Å². The van der Waals surface area contributed by atoms with Crippen LogP contribution in [0.2, 0.25) is 0 Å². The van der Waals surface area contributed by atoms with Gasteiger partial charge >= 0.3 is 0 Å². The lowest BCUT2D eigenvalue weighted by Gasteiger charge is -2.32. The molecule has 0 radical (unpaired) electrons. The van der Waals surface area contributed by atoms with Gasteiger partial charge in [0.25, 0.3) is 0 Å². The highest BCUT2D eigenvalue weighted by atomic mass is 16.5. The summed E-state index contributed by atoms with van der Waals surface area (Å²) >= 11 is 0. The summed E-state index contributed by atoms with van der Waals surface area (Å²) in [5.41, 5.74) is 1.09. The van der Waals surface area contributed by atoms with Gasteiger partial charge in [0.2, 0.25) is 0 Å². The number of likely N-dealkylation sites (N-methyl/N-ethyl adjacent to an activating group) is 1. The van der Waals surface area contributed by atoms with Crippen LogP contribution in [0, 0.1) is 0 Å². The van der Waals surface area contributed by atoms with Crippen molar-refractivity contribution in [1.82, 2.24) is 4.90 Å². The zero-order valence-corrected chi connectivity index (χ0v) is 13.8. The minimum absolute atomic E-state index is 0.378. The zero-order valence-electron chi connectivity index (χ0n) is 13.8. The maximum atomic E-state index is 10.1. The third kappa shape index (κ3) is 5.59. The molecule has 0 bridgehead atoms. The van der Waals surface area contributed by atoms with E-state index in [1.165, 1.54) is 32.1 Å². The summed E-state index contributed by atoms with van der Waals surface area (Å²) < 4.78 is 10.8. The summed E-state index contributed by atoms with van der Waals surface area (Å²) in [6, 6.07) is 8.45. The van der Waals surface area contributed by atoms with Crippen LogP contribution in [0.5, 0.6) is 5.75 Å². The van der Waals surface area contributed by atoms with Crippen LogP contribution < -0.4 is 4.74 Å². The van der Waals surface area contributed by atoms with Crippen molar-refractivity contribution in [3.8, 4) is 5.75 Å². The molecule has 1 aromatic carbocycles. The Kier molecular flexibility index (Phi) is 7.16. The zero-order chi connectivity index (χ0) is 15.8. The highest BCUT2D eigenvalue weighted by molar-refractivity contribution is 5.26. The molecule has 0 aromatic heterocycles. The standard InChI is InChI=1S/C18H29NO3/c1-19(16-6-4-3-5-7-16)12-17(20)14-22-13-15-8-10-18(21-2)11-9-15/h8-11,16-17,20H,3-7,12-14H2,1-2H3. The van der Waals surface area contributed by atoms with Crippen molar-refractivity contribution in [2.75, 3.05) is 27.3 Å². The highest BCUT2D eigenvalue weighted by Crippen LogP contribution is 2.21. The molecule has 2 rings (SSSR count). The van der Waals surface area contributed by atoms with Gasteiger partial charge in [-0.05, 0) is 37.6 Å². The van der Waals surface area contributed by atoms with E-state index in [2.05, 4.69) is 11.9 Å². The van der Waals surface area contributed by atoms with Crippen molar-refractivity contribution in [2.45, 2.75) is 50.9 Å². The maximum absolute atomic E-state index is 10.1. The molecule has 1 atom stereocenters. The summed E-state index contributed by atoms with van der Waals surface area (Å²) in [7, 11) is 3.77. The summed E-state index contributed by atoms with van der Waals surface area (Å²) in [6.07, 6.45) is 6.09. The first-order chi connectivity index (χ1) is 10.7. The molecule has 22 heavy (non-hydrogen) atoms. The van der Waals surface area contributed by atoms with E-state index >= 15 is 0 Å². The number of rotatable bonds is 8. The first kappa shape index (κ1) is 17.3. The van der Waals surface area contributed by atoms with Gasteiger partial charge in [0.1, 0.15) is 5.75 Å². The van der Waals surface area contributed by atoms with Gasteiger partial charge in [0, 0.05) is 12.6 Å². The van der Waals surface area contributed by atoms with Crippen molar-refractivity contribution in [3.05, 3.63) is 29.8 Å². The second kappa shape index (κ2) is 9.13. The molecule has 0 spiro atoms. The largest absolute Gasteiger partial charge is 0.497 e. The molecule has 0 amide bonds. The van der Waals surface area contributed by atoms with E-state index in [9.17, 15) is 5.11 Å². The molecule has 4 heteroatoms. The van der Waals surface area contributed by atoms with E-state index in [0.717, 1.165) is 11.3 Å². The van der Waals surface area contributed by atoms with Gasteiger partial charge in [-0.1, -0.05) is 31.4 Å². The van der Waals surface area contributed by atoms with E-state index in [0.29, 0.717) is 25.8 Å². The van der Waals surface area contributed by atoms with Gasteiger partial charge in [-0.15, -0.1) is 0 Å². The number of ether oxygens (including phenoxy) is 2. The average Bonchev–Trinajstić information content (AvgIpc) is 2.56. The fourth-order valence-corrected chi connectivity index (χ4v) is 3.09. The lowest BCUT2D eigenvalue weighted by atomic mass is 9.94. The van der Waals surface area contributed by atoms with Gasteiger partial charge < -0.3 is 19.5 Å². The summed E-state index contributed by atoms with van der Waals surface area (Å²) in [5, 5.41) is 10.1. The second-order valence-corrected chi connectivity index (χ2v) is 6.25. The molecule has 1 N–H and O–H groups in total. The van der Waals surface area contributed by atoms with Crippen LogP contribution in [-0.4, -0.2) is 49.5 Å². The van der Waals surface area contributed by atoms with Crippen LogP contribution in [0.4, 0.5) is 0 Å². The number of hydrogen-bond donors (Lipinski definition) is 1. The van der Waals surface area contributed by atoms with Gasteiger partial charge in [-0.25, -0.2) is 0 Å². The molecule has 1 aliphatic carbocycles. The van der Waals surface area contributed by atoms with Crippen LogP contribution in [0.15, 0.2) is 24.3 Å². The molecular formula is C18H29NO3. The molecule has 4 nitrogen and oxygen atoms in total. The first-order valence-electron chi connectivity index (χ1n) is 8.28. The molecule has 0 aliphatic heterocycles. The summed E-state index contributed by atoms with van der Waals surface area (Å²) in [6.45, 7) is 1.59. The predicted molar refractivity (Wildman–Crippen MR) is 88.2 cm³/mol. The average molecular weight is 307 g/mol. The Hall–Kier alpha value is -1.10. The number of hydrogen-bond acceptors (Lipinski definition) is 4. The molecule has 1 unspecified atom stereocenters. The van der Waals surface area contributed by atoms with Crippen molar-refractivity contribution in [1.29, 1.82) is 0 Å². The Labute approximate surface area is 134 Å². The topological polar surface area (TPSA) is 41.9 Å². The number of aliphatic hydroxyl groups is 1. The van der Waals surface area contributed by atoms with E-state index in [1.807, 2.05) is 24.3 Å². The fraction of sp³-hybridized carbons (Fsp3) is 0.667. The van der Waals surface area contributed by atoms with Gasteiger partial charge in [-0.2, -0.15) is 0 Å². The molecule has 1 fully saturated rings. The maximum Gasteiger partial charge on any atom is 0.118 e. The van der Waals surface area contributed by atoms with Crippen molar-refractivity contribution in [2.24, 2.45) is 0 Å². The van der Waals surface area contributed by atoms with Crippen molar-refractivity contribution in [3.63, 3.8) is 0 Å². The number of nitrogens with zero attached hydrogens (tertiary/aromatic N) is 1. The number of benzene rings is 1. The van der Waals surface area contributed by atoms with Crippen LogP contribution in [-0.2, 0) is 11.3 Å². The fourth-order valence-electron chi connectivity index (χ4n) is 3.09. The smallest absolute Gasteiger partial charge is 0.118 e. The molecule has 124 valence electrons. The Balaban J connectivity index is 1.65. The summed E-state index contributed by atoms with van der Waals surface area (Å²) in [4.78, 5) is 2.29. The lowest BCUT2D eigenvalue weighted by molar-refractivity contribution is 0.00488. The van der Waals surface area contributed by atoms with Crippen LogP contribution in [0.25, 0.3) is 0 Å². The Morgan fingerprint density at radius 2 is 1.86 bits per heavy atom. The van der Waals surface area contributed by atoms with Crippen molar-refractivity contribution < 1.29 is 14.6 Å². The Morgan fingerprint density at radius 3 is 2.50 bits per heavy atom. The molecule has 0 saturated heterocycles. The molecule has 1 saturated carbocycles. The first-order valence-corrected chi connectivity index (χ1v) is 8.28. The third-order valence-electron chi connectivity index (χ3n) is 4.43. The van der Waals surface area contributed by atoms with E-state index < -0.39 is 6.10 Å². The highest BCUT2D eigenvalue weighted by Gasteiger charge is 2.20. The Bertz CT molecular complexity index is 415. The minimum Gasteiger partial charge on any atom is -0.497 e. The van der Waals surface area contributed by atoms with Crippen LogP contribution in [0.1, 0.15) is 37.7 Å². The predicted octanol–water partition coefficient (Wildman–Crippen LogP) is 2.84. The minimum atomic E-state index is -0.426. The van der Waals surface area contributed by atoms with Gasteiger partial charge in [0.15, 0.2) is 0 Å². The quantitative estimate of drug-likeness (QED) is 0.802.